The molecule has 0 aromatic carbocycles. The van der Waals surface area contributed by atoms with Crippen molar-refractivity contribution in [2.45, 2.75) is 0 Å². The molecule has 5 heavy (non-hydrogen) atoms. The van der Waals surface area contributed by atoms with E-state index < -0.39 is 8.09 Å². The molecule has 0 radical (unpaired) electrons. The lowest BCUT2D eigenvalue weighted by molar-refractivity contribution is 0.332. The predicted octanol–water partition coefficient (Wildman–Crippen LogP) is -1.40. The first-order valence-corrected chi connectivity index (χ1v) is 2.57. The molecule has 32 valence electrons. The van der Waals surface area contributed by atoms with Crippen molar-refractivity contribution in [3.63, 3.8) is 0 Å². The highest BCUT2D eigenvalue weighted by Gasteiger charge is 2.19. The van der Waals surface area contributed by atoms with Gasteiger partial charge in [-0.3, -0.25) is 0 Å². The molecule has 0 atom stereocenters. The SMILES string of the molecule is N[P+](O)(O)O. The Morgan fingerprint density at radius 2 is 1.20 bits per heavy atom. The van der Waals surface area contributed by atoms with Gasteiger partial charge in [0.25, 0.3) is 0 Å². The molecule has 0 heterocycles. The first-order chi connectivity index (χ1) is 2.00. The predicted molar refractivity (Wildman–Crippen MR) is 17.8 cm³/mol. The zero-order chi connectivity index (χ0) is 4.50. The summed E-state index contributed by atoms with van der Waals surface area (Å²) in [6.45, 7) is 0. The molecule has 0 aliphatic heterocycles. The molecule has 0 aromatic rings. The summed E-state index contributed by atoms with van der Waals surface area (Å²) in [5.74, 6) is 0. The van der Waals surface area contributed by atoms with Crippen molar-refractivity contribution >= 4 is 8.09 Å². The normalized spacial score (nSPS) is 12.0. The summed E-state index contributed by atoms with van der Waals surface area (Å²) in [7, 11) is -3.89. The van der Waals surface area contributed by atoms with Crippen molar-refractivity contribution in [3.05, 3.63) is 0 Å². The first kappa shape index (κ1) is 5.27. The van der Waals surface area contributed by atoms with E-state index in [0.717, 1.165) is 0 Å². The number of hydrogen-bond donors (Lipinski definition) is 4. The van der Waals surface area contributed by atoms with E-state index >= 15 is 0 Å². The lowest BCUT2D eigenvalue weighted by Gasteiger charge is -1.86. The fourth-order valence-electron chi connectivity index (χ4n) is 0. The lowest BCUT2D eigenvalue weighted by atomic mass is 13.9. The van der Waals surface area contributed by atoms with Gasteiger partial charge in [-0.15, -0.1) is 5.50 Å². The second-order valence-corrected chi connectivity index (χ2v) is 1.84. The Kier molecular flexibility index (Phi) is 1.22. The molecule has 0 spiro atoms. The molecule has 5 heteroatoms. The van der Waals surface area contributed by atoms with Gasteiger partial charge in [-0.25, -0.2) is 0 Å². The molecular weight excluding hydrogens is 93.0 g/mol. The third kappa shape index (κ3) is 302. The fourth-order valence-corrected chi connectivity index (χ4v) is 0. The van der Waals surface area contributed by atoms with Crippen molar-refractivity contribution in [1.82, 2.24) is 0 Å². The van der Waals surface area contributed by atoms with Gasteiger partial charge in [0, 0.05) is 0 Å². The van der Waals surface area contributed by atoms with Gasteiger partial charge in [0.2, 0.25) is 0 Å². The van der Waals surface area contributed by atoms with Crippen LogP contribution in [-0.4, -0.2) is 14.7 Å². The minimum atomic E-state index is -3.89. The Hall–Kier alpha value is 0.270. The van der Waals surface area contributed by atoms with E-state index in [2.05, 4.69) is 5.50 Å². The minimum absolute atomic E-state index is 3.89. The molecule has 0 unspecified atom stereocenters. The highest BCUT2D eigenvalue weighted by molar-refractivity contribution is 7.55. The van der Waals surface area contributed by atoms with Gasteiger partial charge in [0.05, 0.1) is 0 Å². The van der Waals surface area contributed by atoms with Crippen LogP contribution >= 0.6 is 8.09 Å². The van der Waals surface area contributed by atoms with Crippen LogP contribution in [0.3, 0.4) is 0 Å². The molecule has 0 aliphatic carbocycles. The minimum Gasteiger partial charge on any atom is -0.178 e. The van der Waals surface area contributed by atoms with Crippen LogP contribution < -0.4 is 5.50 Å². The van der Waals surface area contributed by atoms with Gasteiger partial charge in [-0.05, 0) is 0 Å². The van der Waals surface area contributed by atoms with Gasteiger partial charge < -0.3 is 0 Å². The van der Waals surface area contributed by atoms with Crippen LogP contribution in [0.1, 0.15) is 0 Å². The molecular formula is H5NO3P+. The molecule has 0 saturated heterocycles. The smallest absolute Gasteiger partial charge is 0.178 e. The Labute approximate surface area is 29.5 Å². The lowest BCUT2D eigenvalue weighted by Crippen LogP contribution is -1.97. The maximum atomic E-state index is 7.52. The second-order valence-electron chi connectivity index (χ2n) is 0.615. The van der Waals surface area contributed by atoms with Gasteiger partial charge in [-0.2, -0.15) is 14.7 Å². The van der Waals surface area contributed by atoms with Gasteiger partial charge in [0.15, 0.2) is 0 Å². The summed E-state index contributed by atoms with van der Waals surface area (Å²) in [5.41, 5.74) is 4.13. The van der Waals surface area contributed by atoms with Crippen LogP contribution in [0.25, 0.3) is 0 Å². The van der Waals surface area contributed by atoms with Crippen LogP contribution in [0.2, 0.25) is 0 Å². The molecule has 0 rings (SSSR count). The van der Waals surface area contributed by atoms with Crippen LogP contribution in [0.15, 0.2) is 0 Å². The average Bonchev–Trinajstić information content (AvgIpc) is 0.722. The van der Waals surface area contributed by atoms with Crippen LogP contribution in [0, 0.1) is 0 Å². The number of hydrogen-bond acceptors (Lipinski definition) is 4. The van der Waals surface area contributed by atoms with Crippen LogP contribution in [0.5, 0.6) is 0 Å². The van der Waals surface area contributed by atoms with E-state index in [-0.39, 0.29) is 0 Å². The monoisotopic (exact) mass is 98.0 g/mol. The quantitative estimate of drug-likeness (QED) is 0.280. The highest BCUT2D eigenvalue weighted by atomic mass is 31.2. The molecule has 0 saturated carbocycles. The number of rotatable bonds is 0. The largest absolute Gasteiger partial charge is 0.491 e. The van der Waals surface area contributed by atoms with E-state index in [1.54, 1.807) is 0 Å². The zero-order valence-corrected chi connectivity index (χ0v) is 3.26. The van der Waals surface area contributed by atoms with E-state index in [1.165, 1.54) is 0 Å². The Morgan fingerprint density at radius 1 is 1.20 bits per heavy atom. The third-order valence-electron chi connectivity index (χ3n) is 0. The molecule has 5 N–H and O–H groups in total. The van der Waals surface area contributed by atoms with Gasteiger partial charge in [-0.1, -0.05) is 0 Å². The van der Waals surface area contributed by atoms with E-state index in [0.29, 0.717) is 0 Å². The summed E-state index contributed by atoms with van der Waals surface area (Å²) in [5, 5.41) is 0. The molecule has 0 aromatic heterocycles. The molecule has 0 amide bonds. The van der Waals surface area contributed by atoms with Crippen LogP contribution in [0.4, 0.5) is 0 Å². The Bertz CT molecular complexity index is 22.4. The van der Waals surface area contributed by atoms with E-state index in [4.69, 9.17) is 14.7 Å². The highest BCUT2D eigenvalue weighted by Crippen LogP contribution is 2.31. The molecule has 0 fully saturated rings. The van der Waals surface area contributed by atoms with Crippen LogP contribution in [-0.2, 0) is 0 Å². The van der Waals surface area contributed by atoms with Crippen molar-refractivity contribution in [2.24, 2.45) is 5.50 Å². The van der Waals surface area contributed by atoms with Crippen molar-refractivity contribution < 1.29 is 14.7 Å². The van der Waals surface area contributed by atoms with Gasteiger partial charge in [0.1, 0.15) is 0 Å². The standard InChI is InChI=1S/H5NO3P/c1-5(2,3)4/h2-4H,1H2/q+1. The topological polar surface area (TPSA) is 86.7 Å². The second kappa shape index (κ2) is 1.16. The molecule has 0 aliphatic rings. The maximum absolute atomic E-state index is 7.52. The van der Waals surface area contributed by atoms with E-state index in [9.17, 15) is 0 Å². The summed E-state index contributed by atoms with van der Waals surface area (Å²) >= 11 is 0. The van der Waals surface area contributed by atoms with Crippen molar-refractivity contribution in [3.8, 4) is 0 Å². The Morgan fingerprint density at radius 3 is 1.20 bits per heavy atom. The zero-order valence-electron chi connectivity index (χ0n) is 2.37. The average molecular weight is 98.0 g/mol. The summed E-state index contributed by atoms with van der Waals surface area (Å²) < 4.78 is 0. The van der Waals surface area contributed by atoms with Crippen molar-refractivity contribution in [2.75, 3.05) is 0 Å². The molecule has 4 nitrogen and oxygen atoms in total. The fraction of sp³-hybridized carbons (Fsp3) is 0. The van der Waals surface area contributed by atoms with E-state index in [1.807, 2.05) is 0 Å². The summed E-state index contributed by atoms with van der Waals surface area (Å²) in [4.78, 5) is 22.6. The number of nitrogens with two attached hydrogens (primary N) is 1. The van der Waals surface area contributed by atoms with Crippen molar-refractivity contribution in [1.29, 1.82) is 0 Å². The Balaban J connectivity index is 3.02. The maximum Gasteiger partial charge on any atom is 0.491 e. The summed E-state index contributed by atoms with van der Waals surface area (Å²) in [6.07, 6.45) is 0. The summed E-state index contributed by atoms with van der Waals surface area (Å²) in [6, 6.07) is 0. The molecule has 0 bridgehead atoms. The first-order valence-electron chi connectivity index (χ1n) is 0.858. The third-order valence-corrected chi connectivity index (χ3v) is 0. The van der Waals surface area contributed by atoms with Gasteiger partial charge >= 0.3 is 8.09 Å².